The van der Waals surface area contributed by atoms with Crippen LogP contribution in [-0.2, 0) is 6.42 Å². The van der Waals surface area contributed by atoms with E-state index in [1.807, 2.05) is 0 Å². The molecule has 140 valence electrons. The van der Waals surface area contributed by atoms with Gasteiger partial charge in [0.15, 0.2) is 0 Å². The zero-order valence-electron chi connectivity index (χ0n) is 14.8. The lowest BCUT2D eigenvalue weighted by molar-refractivity contribution is -0.134. The standard InChI is InChI=1S/C18H27F3N4/c1-14(24-10-2-3-11-24)15-6-12-25(13-7-15)17-22-9-5-16(23-17)4-8-18(19,20)21/h5,9,14-15H,2-4,6-8,10-13H2,1H3. The fourth-order valence-electron chi connectivity index (χ4n) is 3.97. The van der Waals surface area contributed by atoms with E-state index in [9.17, 15) is 13.2 Å². The highest BCUT2D eigenvalue weighted by Crippen LogP contribution is 2.28. The van der Waals surface area contributed by atoms with E-state index in [0.717, 1.165) is 25.9 Å². The number of aryl methyl sites for hydroxylation is 1. The molecule has 0 radical (unpaired) electrons. The molecule has 2 aliphatic rings. The van der Waals surface area contributed by atoms with Crippen LogP contribution in [0.4, 0.5) is 19.1 Å². The summed E-state index contributed by atoms with van der Waals surface area (Å²) < 4.78 is 37.2. The van der Waals surface area contributed by atoms with Gasteiger partial charge in [-0.25, -0.2) is 9.97 Å². The Balaban J connectivity index is 1.54. The van der Waals surface area contributed by atoms with Crippen molar-refractivity contribution >= 4 is 5.95 Å². The third-order valence-electron chi connectivity index (χ3n) is 5.59. The number of aromatic nitrogens is 2. The minimum absolute atomic E-state index is 0.0819. The molecule has 1 aromatic rings. The predicted octanol–water partition coefficient (Wildman–Crippen LogP) is 3.67. The van der Waals surface area contributed by atoms with Gasteiger partial charge in [0.25, 0.3) is 0 Å². The van der Waals surface area contributed by atoms with E-state index in [1.54, 1.807) is 12.3 Å². The van der Waals surface area contributed by atoms with Crippen molar-refractivity contribution in [2.45, 2.75) is 57.7 Å². The third kappa shape index (κ3) is 5.06. The van der Waals surface area contributed by atoms with Crippen LogP contribution in [0.5, 0.6) is 0 Å². The highest BCUT2D eigenvalue weighted by Gasteiger charge is 2.30. The molecule has 0 bridgehead atoms. The molecule has 0 amide bonds. The monoisotopic (exact) mass is 356 g/mol. The van der Waals surface area contributed by atoms with Gasteiger partial charge in [0.1, 0.15) is 0 Å². The van der Waals surface area contributed by atoms with Crippen LogP contribution in [0.1, 0.15) is 44.7 Å². The van der Waals surface area contributed by atoms with Crippen LogP contribution in [0.25, 0.3) is 0 Å². The molecule has 25 heavy (non-hydrogen) atoms. The Labute approximate surface area is 147 Å². The molecule has 7 heteroatoms. The second-order valence-electron chi connectivity index (χ2n) is 7.27. The molecular weight excluding hydrogens is 329 g/mol. The Morgan fingerprint density at radius 2 is 1.84 bits per heavy atom. The SMILES string of the molecule is CC(C1CCN(c2nccc(CCC(F)(F)F)n2)CC1)N1CCCC1. The molecule has 4 nitrogen and oxygen atoms in total. The van der Waals surface area contributed by atoms with E-state index < -0.39 is 12.6 Å². The van der Waals surface area contributed by atoms with Gasteiger partial charge in [-0.15, -0.1) is 0 Å². The highest BCUT2D eigenvalue weighted by molar-refractivity contribution is 5.31. The topological polar surface area (TPSA) is 32.3 Å². The van der Waals surface area contributed by atoms with E-state index >= 15 is 0 Å². The lowest BCUT2D eigenvalue weighted by atomic mass is 9.89. The maximum Gasteiger partial charge on any atom is 0.389 e. The van der Waals surface area contributed by atoms with Crippen molar-refractivity contribution < 1.29 is 13.2 Å². The second-order valence-corrected chi connectivity index (χ2v) is 7.27. The van der Waals surface area contributed by atoms with Crippen LogP contribution in [0.15, 0.2) is 12.3 Å². The fourth-order valence-corrected chi connectivity index (χ4v) is 3.97. The molecule has 2 fully saturated rings. The number of alkyl halides is 3. The van der Waals surface area contributed by atoms with Gasteiger partial charge in [-0.05, 0) is 64.1 Å². The first-order chi connectivity index (χ1) is 11.9. The summed E-state index contributed by atoms with van der Waals surface area (Å²) in [5.74, 6) is 1.26. The number of hydrogen-bond donors (Lipinski definition) is 0. The minimum Gasteiger partial charge on any atom is -0.341 e. The summed E-state index contributed by atoms with van der Waals surface area (Å²) in [7, 11) is 0. The number of hydrogen-bond acceptors (Lipinski definition) is 4. The maximum absolute atomic E-state index is 12.4. The van der Waals surface area contributed by atoms with Crippen LogP contribution >= 0.6 is 0 Å². The molecule has 1 atom stereocenters. The third-order valence-corrected chi connectivity index (χ3v) is 5.59. The summed E-state index contributed by atoms with van der Waals surface area (Å²) in [6.07, 6.45) is 1.31. The quantitative estimate of drug-likeness (QED) is 0.806. The smallest absolute Gasteiger partial charge is 0.341 e. The van der Waals surface area contributed by atoms with E-state index in [-0.39, 0.29) is 6.42 Å². The largest absolute Gasteiger partial charge is 0.389 e. The average Bonchev–Trinajstić information content (AvgIpc) is 3.14. The molecule has 0 saturated carbocycles. The summed E-state index contributed by atoms with van der Waals surface area (Å²) in [6.45, 7) is 6.52. The Morgan fingerprint density at radius 1 is 1.16 bits per heavy atom. The van der Waals surface area contributed by atoms with Crippen LogP contribution < -0.4 is 4.90 Å². The highest BCUT2D eigenvalue weighted by atomic mass is 19.4. The van der Waals surface area contributed by atoms with E-state index in [4.69, 9.17) is 0 Å². The fraction of sp³-hybridized carbons (Fsp3) is 0.778. The van der Waals surface area contributed by atoms with Crippen molar-refractivity contribution in [2.75, 3.05) is 31.1 Å². The van der Waals surface area contributed by atoms with Crippen LogP contribution in [-0.4, -0.2) is 53.3 Å². The average molecular weight is 356 g/mol. The molecule has 0 spiro atoms. The number of anilines is 1. The zero-order valence-corrected chi connectivity index (χ0v) is 14.8. The molecule has 1 aromatic heterocycles. The first-order valence-electron chi connectivity index (χ1n) is 9.30. The van der Waals surface area contributed by atoms with Gasteiger partial charge in [-0.1, -0.05) is 0 Å². The Morgan fingerprint density at radius 3 is 2.48 bits per heavy atom. The van der Waals surface area contributed by atoms with Gasteiger partial charge in [0.05, 0.1) is 0 Å². The first-order valence-corrected chi connectivity index (χ1v) is 9.30. The van der Waals surface area contributed by atoms with Crippen molar-refractivity contribution in [3.63, 3.8) is 0 Å². The van der Waals surface area contributed by atoms with Crippen LogP contribution in [0, 0.1) is 5.92 Å². The van der Waals surface area contributed by atoms with Crippen molar-refractivity contribution in [3.8, 4) is 0 Å². The lowest BCUT2D eigenvalue weighted by Crippen LogP contribution is -2.43. The summed E-state index contributed by atoms with van der Waals surface area (Å²) in [5.41, 5.74) is 0.467. The normalized spacial score (nSPS) is 21.7. The van der Waals surface area contributed by atoms with Crippen molar-refractivity contribution in [1.29, 1.82) is 0 Å². The van der Waals surface area contributed by atoms with Gasteiger partial charge in [-0.3, -0.25) is 0 Å². The van der Waals surface area contributed by atoms with E-state index in [1.165, 1.54) is 25.9 Å². The minimum atomic E-state index is -4.14. The predicted molar refractivity (Wildman–Crippen MR) is 91.6 cm³/mol. The molecule has 1 unspecified atom stereocenters. The first kappa shape index (κ1) is 18.4. The number of piperidine rings is 1. The number of nitrogens with zero attached hydrogens (tertiary/aromatic N) is 4. The second kappa shape index (κ2) is 7.89. The summed E-state index contributed by atoms with van der Waals surface area (Å²) >= 11 is 0. The molecule has 0 N–H and O–H groups in total. The molecular formula is C18H27F3N4. The number of rotatable bonds is 5. The molecule has 0 aliphatic carbocycles. The lowest BCUT2D eigenvalue weighted by Gasteiger charge is -2.38. The van der Waals surface area contributed by atoms with Gasteiger partial charge in [0.2, 0.25) is 5.95 Å². The maximum atomic E-state index is 12.4. The summed E-state index contributed by atoms with van der Waals surface area (Å²) in [6, 6.07) is 2.20. The summed E-state index contributed by atoms with van der Waals surface area (Å²) in [4.78, 5) is 13.3. The molecule has 2 aliphatic heterocycles. The number of halogens is 3. The van der Waals surface area contributed by atoms with Gasteiger partial charge >= 0.3 is 6.18 Å². The van der Waals surface area contributed by atoms with Gasteiger partial charge in [0, 0.05) is 37.4 Å². The Bertz CT molecular complexity index is 549. The zero-order chi connectivity index (χ0) is 17.9. The number of likely N-dealkylation sites (tertiary alicyclic amines) is 1. The van der Waals surface area contributed by atoms with Gasteiger partial charge < -0.3 is 9.80 Å². The van der Waals surface area contributed by atoms with Crippen molar-refractivity contribution in [3.05, 3.63) is 18.0 Å². The Kier molecular flexibility index (Phi) is 5.81. The van der Waals surface area contributed by atoms with Crippen molar-refractivity contribution in [2.24, 2.45) is 5.92 Å². The van der Waals surface area contributed by atoms with E-state index in [2.05, 4.69) is 26.7 Å². The van der Waals surface area contributed by atoms with Crippen LogP contribution in [0.2, 0.25) is 0 Å². The molecule has 0 aromatic carbocycles. The van der Waals surface area contributed by atoms with E-state index in [0.29, 0.717) is 23.6 Å². The Hall–Kier alpha value is -1.37. The van der Waals surface area contributed by atoms with Gasteiger partial charge in [-0.2, -0.15) is 13.2 Å². The van der Waals surface area contributed by atoms with Crippen molar-refractivity contribution in [1.82, 2.24) is 14.9 Å². The van der Waals surface area contributed by atoms with Crippen LogP contribution in [0.3, 0.4) is 0 Å². The molecule has 3 rings (SSSR count). The summed E-state index contributed by atoms with van der Waals surface area (Å²) in [5, 5.41) is 0. The molecule has 2 saturated heterocycles. The molecule has 3 heterocycles.